The summed E-state index contributed by atoms with van der Waals surface area (Å²) in [4.78, 5) is 8.57. The fourth-order valence-electron chi connectivity index (χ4n) is 2.66. The van der Waals surface area contributed by atoms with Gasteiger partial charge in [-0.25, -0.2) is 4.98 Å². The molecule has 1 heterocycles. The lowest BCUT2D eigenvalue weighted by Crippen LogP contribution is -2.30. The van der Waals surface area contributed by atoms with E-state index in [1.165, 1.54) is 25.7 Å². The highest BCUT2D eigenvalue weighted by Gasteiger charge is 2.25. The lowest BCUT2D eigenvalue weighted by atomic mass is 9.85. The van der Waals surface area contributed by atoms with Gasteiger partial charge in [-0.15, -0.1) is 0 Å². The van der Waals surface area contributed by atoms with Crippen molar-refractivity contribution in [3.8, 4) is 5.88 Å². The Morgan fingerprint density at radius 1 is 1.28 bits per heavy atom. The van der Waals surface area contributed by atoms with E-state index in [0.29, 0.717) is 23.7 Å². The molecule has 0 spiro atoms. The predicted octanol–water partition coefficient (Wildman–Crippen LogP) is 2.97. The first-order valence-corrected chi connectivity index (χ1v) is 7.03. The molecule has 1 aliphatic carbocycles. The van der Waals surface area contributed by atoms with Gasteiger partial charge in [-0.2, -0.15) is 4.98 Å². The van der Waals surface area contributed by atoms with Crippen LogP contribution in [0.4, 0.5) is 5.82 Å². The van der Waals surface area contributed by atoms with Crippen molar-refractivity contribution in [3.63, 3.8) is 0 Å². The molecule has 1 aromatic heterocycles. The molecule has 2 N–H and O–H groups in total. The molecule has 0 bridgehead atoms. The number of rotatable bonds is 4. The van der Waals surface area contributed by atoms with Gasteiger partial charge in [0.05, 0.1) is 0 Å². The van der Waals surface area contributed by atoms with Crippen LogP contribution in [0.5, 0.6) is 5.88 Å². The highest BCUT2D eigenvalue weighted by molar-refractivity contribution is 5.33. The highest BCUT2D eigenvalue weighted by Crippen LogP contribution is 2.30. The second-order valence-electron chi connectivity index (χ2n) is 5.01. The summed E-state index contributed by atoms with van der Waals surface area (Å²) in [6.07, 6.45) is 7.22. The topological polar surface area (TPSA) is 61.0 Å². The average Bonchev–Trinajstić information content (AvgIpc) is 2.38. The van der Waals surface area contributed by atoms with Gasteiger partial charge in [0, 0.05) is 12.5 Å². The van der Waals surface area contributed by atoms with Gasteiger partial charge in [0.15, 0.2) is 0 Å². The van der Waals surface area contributed by atoms with Crippen LogP contribution in [0.15, 0.2) is 6.07 Å². The maximum atomic E-state index is 6.05. The van der Waals surface area contributed by atoms with Gasteiger partial charge in [-0.3, -0.25) is 0 Å². The Hall–Kier alpha value is -1.32. The van der Waals surface area contributed by atoms with E-state index in [4.69, 9.17) is 10.5 Å². The second kappa shape index (κ2) is 6.03. The second-order valence-corrected chi connectivity index (χ2v) is 5.01. The Balaban J connectivity index is 2.09. The Kier molecular flexibility index (Phi) is 4.39. The summed E-state index contributed by atoms with van der Waals surface area (Å²) >= 11 is 0. The predicted molar refractivity (Wildman–Crippen MR) is 72.5 cm³/mol. The number of hydrogen-bond donors (Lipinski definition) is 1. The van der Waals surface area contributed by atoms with E-state index in [-0.39, 0.29) is 0 Å². The van der Waals surface area contributed by atoms with Gasteiger partial charge in [-0.05, 0) is 31.6 Å². The molecule has 0 amide bonds. The summed E-state index contributed by atoms with van der Waals surface area (Å²) in [6, 6.07) is 1.74. The zero-order chi connectivity index (χ0) is 13.0. The fourth-order valence-corrected chi connectivity index (χ4v) is 2.66. The third kappa shape index (κ3) is 3.12. The molecular formula is C14H23N3O. The van der Waals surface area contributed by atoms with Gasteiger partial charge in [0.25, 0.3) is 0 Å². The summed E-state index contributed by atoms with van der Waals surface area (Å²) in [5.74, 6) is 2.55. The van der Waals surface area contributed by atoms with E-state index >= 15 is 0 Å². The van der Waals surface area contributed by atoms with Crippen LogP contribution in [0.3, 0.4) is 0 Å². The molecule has 0 radical (unpaired) electrons. The molecule has 2 atom stereocenters. The third-order valence-electron chi connectivity index (χ3n) is 3.72. The molecule has 18 heavy (non-hydrogen) atoms. The Bertz CT molecular complexity index is 395. The lowest BCUT2D eigenvalue weighted by molar-refractivity contribution is 0.0855. The minimum atomic E-state index is 0.294. The van der Waals surface area contributed by atoms with Crippen molar-refractivity contribution in [1.29, 1.82) is 0 Å². The maximum absolute atomic E-state index is 6.05. The van der Waals surface area contributed by atoms with Crippen molar-refractivity contribution in [2.75, 3.05) is 5.73 Å². The van der Waals surface area contributed by atoms with E-state index in [2.05, 4.69) is 16.9 Å². The average molecular weight is 249 g/mol. The van der Waals surface area contributed by atoms with E-state index in [9.17, 15) is 0 Å². The van der Waals surface area contributed by atoms with Crippen LogP contribution in [0.25, 0.3) is 0 Å². The maximum Gasteiger partial charge on any atom is 0.219 e. The molecule has 1 fully saturated rings. The summed E-state index contributed by atoms with van der Waals surface area (Å²) in [5.41, 5.74) is 5.78. The van der Waals surface area contributed by atoms with E-state index in [1.54, 1.807) is 6.07 Å². The lowest BCUT2D eigenvalue weighted by Gasteiger charge is -2.30. The van der Waals surface area contributed by atoms with Crippen molar-refractivity contribution in [2.45, 2.75) is 58.5 Å². The molecule has 0 aromatic carbocycles. The zero-order valence-electron chi connectivity index (χ0n) is 11.4. The van der Waals surface area contributed by atoms with Crippen LogP contribution < -0.4 is 10.5 Å². The summed E-state index contributed by atoms with van der Waals surface area (Å²) in [7, 11) is 0. The van der Waals surface area contributed by atoms with Crippen molar-refractivity contribution in [3.05, 3.63) is 11.9 Å². The van der Waals surface area contributed by atoms with Crippen molar-refractivity contribution in [2.24, 2.45) is 5.92 Å². The van der Waals surface area contributed by atoms with Crippen molar-refractivity contribution >= 4 is 5.82 Å². The minimum absolute atomic E-state index is 0.294. The van der Waals surface area contributed by atoms with Crippen LogP contribution >= 0.6 is 0 Å². The third-order valence-corrected chi connectivity index (χ3v) is 3.72. The molecule has 1 saturated carbocycles. The summed E-state index contributed by atoms with van der Waals surface area (Å²) < 4.78 is 6.05. The molecule has 1 aromatic rings. The summed E-state index contributed by atoms with van der Waals surface area (Å²) in [6.45, 7) is 4.26. The van der Waals surface area contributed by atoms with Gasteiger partial charge in [0.2, 0.25) is 5.88 Å². The molecule has 0 aliphatic heterocycles. The number of anilines is 1. The highest BCUT2D eigenvalue weighted by atomic mass is 16.5. The molecule has 1 aliphatic rings. The first-order valence-electron chi connectivity index (χ1n) is 7.03. The monoisotopic (exact) mass is 249 g/mol. The molecule has 2 rings (SSSR count). The van der Waals surface area contributed by atoms with Crippen LogP contribution in [0, 0.1) is 5.92 Å². The van der Waals surface area contributed by atoms with Gasteiger partial charge in [-0.1, -0.05) is 20.3 Å². The van der Waals surface area contributed by atoms with Gasteiger partial charge >= 0.3 is 0 Å². The van der Waals surface area contributed by atoms with Crippen LogP contribution in [0.1, 0.15) is 51.8 Å². The van der Waals surface area contributed by atoms with Crippen molar-refractivity contribution in [1.82, 2.24) is 9.97 Å². The van der Waals surface area contributed by atoms with Gasteiger partial charge in [0.1, 0.15) is 17.7 Å². The SMILES string of the molecule is CCc1nc(N)cc(OC2CCCCC2CC)n1. The van der Waals surface area contributed by atoms with Crippen LogP contribution in [0.2, 0.25) is 0 Å². The number of ether oxygens (including phenoxy) is 1. The molecule has 4 nitrogen and oxygen atoms in total. The van der Waals surface area contributed by atoms with E-state index in [1.807, 2.05) is 6.92 Å². The minimum Gasteiger partial charge on any atom is -0.474 e. The summed E-state index contributed by atoms with van der Waals surface area (Å²) in [5, 5.41) is 0. The Morgan fingerprint density at radius 2 is 2.06 bits per heavy atom. The van der Waals surface area contributed by atoms with E-state index in [0.717, 1.165) is 18.7 Å². The standard InChI is InChI=1S/C14H23N3O/c1-3-10-7-5-6-8-11(10)18-14-9-12(15)16-13(4-2)17-14/h9-11H,3-8H2,1-2H3,(H2,15,16,17). The molecule has 100 valence electrons. The smallest absolute Gasteiger partial charge is 0.219 e. The first-order chi connectivity index (χ1) is 8.72. The molecule has 0 saturated heterocycles. The normalized spacial score (nSPS) is 23.9. The van der Waals surface area contributed by atoms with Crippen LogP contribution in [-0.2, 0) is 6.42 Å². The zero-order valence-corrected chi connectivity index (χ0v) is 11.4. The first kappa shape index (κ1) is 13.1. The molecule has 4 heteroatoms. The quantitative estimate of drug-likeness (QED) is 0.891. The number of nitrogens with two attached hydrogens (primary N) is 1. The number of hydrogen-bond acceptors (Lipinski definition) is 4. The number of aryl methyl sites for hydroxylation is 1. The number of nitrogens with zero attached hydrogens (tertiary/aromatic N) is 2. The largest absolute Gasteiger partial charge is 0.474 e. The van der Waals surface area contributed by atoms with E-state index < -0.39 is 0 Å². The molecule has 2 unspecified atom stereocenters. The Morgan fingerprint density at radius 3 is 2.78 bits per heavy atom. The fraction of sp³-hybridized carbons (Fsp3) is 0.714. The van der Waals surface area contributed by atoms with Crippen molar-refractivity contribution < 1.29 is 4.74 Å². The Labute approximate surface area is 109 Å². The molecular weight excluding hydrogens is 226 g/mol. The number of aromatic nitrogens is 2. The van der Waals surface area contributed by atoms with Crippen LogP contribution in [-0.4, -0.2) is 16.1 Å². The van der Waals surface area contributed by atoms with Gasteiger partial charge < -0.3 is 10.5 Å². The number of nitrogen functional groups attached to an aromatic ring is 1.